The van der Waals surface area contributed by atoms with Gasteiger partial charge >= 0.3 is 5.97 Å². The molecule has 84 valence electrons. The molecular weight excluding hydrogens is 222 g/mol. The maximum absolute atomic E-state index is 11.1. The lowest BCUT2D eigenvalue weighted by molar-refractivity contribution is 0.0687. The van der Waals surface area contributed by atoms with E-state index in [1.165, 1.54) is 23.0 Å². The minimum Gasteiger partial charge on any atom is -0.477 e. The molecule has 0 fully saturated rings. The Hall–Kier alpha value is -2.63. The van der Waals surface area contributed by atoms with Gasteiger partial charge in [0.05, 0.1) is 12.5 Å². The Balaban J connectivity index is 2.31. The number of furan rings is 1. The van der Waals surface area contributed by atoms with Crippen molar-refractivity contribution in [1.29, 1.82) is 0 Å². The molecule has 0 aromatic carbocycles. The van der Waals surface area contributed by atoms with Gasteiger partial charge in [-0.2, -0.15) is 5.10 Å². The van der Waals surface area contributed by atoms with Crippen LogP contribution in [0.25, 0.3) is 17.1 Å². The summed E-state index contributed by atoms with van der Waals surface area (Å²) < 4.78 is 6.47. The Morgan fingerprint density at radius 1 is 1.41 bits per heavy atom. The van der Waals surface area contributed by atoms with E-state index in [1.54, 1.807) is 18.2 Å². The monoisotopic (exact) mass is 229 g/mol. The van der Waals surface area contributed by atoms with Gasteiger partial charge in [-0.15, -0.1) is 0 Å². The third-order valence-electron chi connectivity index (χ3n) is 2.35. The first-order chi connectivity index (χ1) is 8.25. The normalized spacial score (nSPS) is 10.8. The standard InChI is InChI=1S/C11H7N3O3/c15-11(16)8-6-7(9-2-1-5-17-9)13-10-3-4-12-14(8)10/h1-6H,(H,15,16). The van der Waals surface area contributed by atoms with Gasteiger partial charge in [0, 0.05) is 12.1 Å². The summed E-state index contributed by atoms with van der Waals surface area (Å²) in [6, 6.07) is 6.51. The zero-order chi connectivity index (χ0) is 11.8. The summed E-state index contributed by atoms with van der Waals surface area (Å²) >= 11 is 0. The summed E-state index contributed by atoms with van der Waals surface area (Å²) in [4.78, 5) is 15.4. The maximum atomic E-state index is 11.1. The summed E-state index contributed by atoms with van der Waals surface area (Å²) in [7, 11) is 0. The molecule has 6 heteroatoms. The topological polar surface area (TPSA) is 80.6 Å². The van der Waals surface area contributed by atoms with Gasteiger partial charge in [-0.3, -0.25) is 0 Å². The van der Waals surface area contributed by atoms with E-state index < -0.39 is 5.97 Å². The number of aromatic carboxylic acids is 1. The fraction of sp³-hybridized carbons (Fsp3) is 0. The third-order valence-corrected chi connectivity index (χ3v) is 2.35. The first kappa shape index (κ1) is 9.59. The fourth-order valence-electron chi connectivity index (χ4n) is 1.62. The average molecular weight is 229 g/mol. The largest absolute Gasteiger partial charge is 0.477 e. The maximum Gasteiger partial charge on any atom is 0.354 e. The number of aromatic nitrogens is 3. The van der Waals surface area contributed by atoms with Gasteiger partial charge in [-0.05, 0) is 12.1 Å². The fourth-order valence-corrected chi connectivity index (χ4v) is 1.62. The highest BCUT2D eigenvalue weighted by Gasteiger charge is 2.14. The molecule has 3 rings (SSSR count). The number of carboxylic acid groups (broad SMARTS) is 1. The van der Waals surface area contributed by atoms with Crippen LogP contribution in [0, 0.1) is 0 Å². The first-order valence-corrected chi connectivity index (χ1v) is 4.87. The highest BCUT2D eigenvalue weighted by atomic mass is 16.4. The van der Waals surface area contributed by atoms with E-state index in [2.05, 4.69) is 10.1 Å². The molecule has 0 unspecified atom stereocenters. The second-order valence-electron chi connectivity index (χ2n) is 3.41. The van der Waals surface area contributed by atoms with E-state index >= 15 is 0 Å². The Morgan fingerprint density at radius 2 is 2.29 bits per heavy atom. The Morgan fingerprint density at radius 3 is 3.00 bits per heavy atom. The lowest BCUT2D eigenvalue weighted by Gasteiger charge is -2.02. The van der Waals surface area contributed by atoms with Gasteiger partial charge in [-0.25, -0.2) is 14.3 Å². The van der Waals surface area contributed by atoms with Crippen LogP contribution in [-0.4, -0.2) is 25.7 Å². The van der Waals surface area contributed by atoms with Crippen LogP contribution in [-0.2, 0) is 0 Å². The number of hydrogen-bond acceptors (Lipinski definition) is 4. The minimum atomic E-state index is -1.06. The van der Waals surface area contributed by atoms with Crippen LogP contribution in [0.2, 0.25) is 0 Å². The predicted octanol–water partition coefficient (Wildman–Crippen LogP) is 1.69. The molecule has 0 saturated carbocycles. The second kappa shape index (κ2) is 3.44. The van der Waals surface area contributed by atoms with E-state index in [1.807, 2.05) is 0 Å². The zero-order valence-corrected chi connectivity index (χ0v) is 8.57. The quantitative estimate of drug-likeness (QED) is 0.723. The average Bonchev–Trinajstić information content (AvgIpc) is 2.98. The summed E-state index contributed by atoms with van der Waals surface area (Å²) in [5.41, 5.74) is 0.989. The van der Waals surface area contributed by atoms with Crippen molar-refractivity contribution in [2.75, 3.05) is 0 Å². The van der Waals surface area contributed by atoms with E-state index in [0.29, 0.717) is 17.1 Å². The number of carboxylic acids is 1. The lowest BCUT2D eigenvalue weighted by atomic mass is 10.2. The Labute approximate surface area is 95.1 Å². The van der Waals surface area contributed by atoms with Gasteiger partial charge < -0.3 is 9.52 Å². The second-order valence-corrected chi connectivity index (χ2v) is 3.41. The molecule has 0 aliphatic heterocycles. The SMILES string of the molecule is O=C(O)c1cc(-c2ccco2)nc2ccnn12. The van der Waals surface area contributed by atoms with Crippen molar-refractivity contribution in [3.05, 3.63) is 42.4 Å². The molecule has 17 heavy (non-hydrogen) atoms. The molecule has 0 atom stereocenters. The van der Waals surface area contributed by atoms with Crippen molar-refractivity contribution >= 4 is 11.6 Å². The van der Waals surface area contributed by atoms with Crippen LogP contribution in [0.4, 0.5) is 0 Å². The zero-order valence-electron chi connectivity index (χ0n) is 8.57. The Bertz CT molecular complexity index is 685. The van der Waals surface area contributed by atoms with Gasteiger partial charge in [0.15, 0.2) is 17.1 Å². The van der Waals surface area contributed by atoms with E-state index in [0.717, 1.165) is 0 Å². The smallest absolute Gasteiger partial charge is 0.354 e. The van der Waals surface area contributed by atoms with Gasteiger partial charge in [0.25, 0.3) is 0 Å². The summed E-state index contributed by atoms with van der Waals surface area (Å²) in [5, 5.41) is 13.0. The molecule has 1 N–H and O–H groups in total. The highest BCUT2D eigenvalue weighted by Crippen LogP contribution is 2.19. The van der Waals surface area contributed by atoms with E-state index in [9.17, 15) is 4.79 Å². The molecule has 0 bridgehead atoms. The molecule has 3 aromatic heterocycles. The van der Waals surface area contributed by atoms with E-state index in [4.69, 9.17) is 9.52 Å². The molecule has 0 amide bonds. The Kier molecular flexibility index (Phi) is 1.94. The first-order valence-electron chi connectivity index (χ1n) is 4.87. The number of carbonyl (C=O) groups is 1. The summed E-state index contributed by atoms with van der Waals surface area (Å²) in [6.07, 6.45) is 3.01. The number of hydrogen-bond donors (Lipinski definition) is 1. The van der Waals surface area contributed by atoms with E-state index in [-0.39, 0.29) is 5.69 Å². The van der Waals surface area contributed by atoms with Crippen LogP contribution >= 0.6 is 0 Å². The molecule has 3 aromatic rings. The molecule has 6 nitrogen and oxygen atoms in total. The lowest BCUT2D eigenvalue weighted by Crippen LogP contribution is -2.07. The number of rotatable bonds is 2. The van der Waals surface area contributed by atoms with Crippen molar-refractivity contribution in [1.82, 2.24) is 14.6 Å². The van der Waals surface area contributed by atoms with Gasteiger partial charge in [0.1, 0.15) is 5.69 Å². The van der Waals surface area contributed by atoms with Crippen LogP contribution in [0.5, 0.6) is 0 Å². The molecule has 0 aliphatic carbocycles. The van der Waals surface area contributed by atoms with Gasteiger partial charge in [-0.1, -0.05) is 0 Å². The minimum absolute atomic E-state index is 0.0476. The molecule has 0 spiro atoms. The molecule has 0 radical (unpaired) electrons. The van der Waals surface area contributed by atoms with Crippen molar-refractivity contribution in [2.45, 2.75) is 0 Å². The van der Waals surface area contributed by atoms with Crippen molar-refractivity contribution < 1.29 is 14.3 Å². The van der Waals surface area contributed by atoms with Crippen molar-refractivity contribution in [3.63, 3.8) is 0 Å². The van der Waals surface area contributed by atoms with Crippen LogP contribution in [0.3, 0.4) is 0 Å². The van der Waals surface area contributed by atoms with Crippen LogP contribution < -0.4 is 0 Å². The third kappa shape index (κ3) is 1.46. The molecule has 0 aliphatic rings. The van der Waals surface area contributed by atoms with Crippen LogP contribution in [0.1, 0.15) is 10.5 Å². The van der Waals surface area contributed by atoms with Gasteiger partial charge in [0.2, 0.25) is 0 Å². The van der Waals surface area contributed by atoms with Crippen LogP contribution in [0.15, 0.2) is 41.1 Å². The number of nitrogens with zero attached hydrogens (tertiary/aromatic N) is 3. The van der Waals surface area contributed by atoms with Crippen molar-refractivity contribution in [2.24, 2.45) is 0 Å². The van der Waals surface area contributed by atoms with Crippen molar-refractivity contribution in [3.8, 4) is 11.5 Å². The molecule has 0 saturated heterocycles. The molecular formula is C11H7N3O3. The molecule has 3 heterocycles. The predicted molar refractivity (Wildman–Crippen MR) is 57.6 cm³/mol. The highest BCUT2D eigenvalue weighted by molar-refractivity contribution is 5.87. The summed E-state index contributed by atoms with van der Waals surface area (Å²) in [6.45, 7) is 0. The summed E-state index contributed by atoms with van der Waals surface area (Å²) in [5.74, 6) is -0.537. The number of fused-ring (bicyclic) bond motifs is 1.